The predicted octanol–water partition coefficient (Wildman–Crippen LogP) is 3.80. The molecule has 0 saturated carbocycles. The number of aromatic nitrogens is 3. The summed E-state index contributed by atoms with van der Waals surface area (Å²) in [6.45, 7) is 0. The van der Waals surface area contributed by atoms with Crippen molar-refractivity contribution in [2.24, 2.45) is 5.18 Å². The van der Waals surface area contributed by atoms with E-state index in [9.17, 15) is 4.91 Å². The molecule has 2 aromatic heterocycles. The Labute approximate surface area is 123 Å². The molecule has 2 heterocycles. The number of thiazole rings is 1. The van der Waals surface area contributed by atoms with Gasteiger partial charge in [0.2, 0.25) is 0 Å². The van der Waals surface area contributed by atoms with Crippen molar-refractivity contribution in [1.82, 2.24) is 15.0 Å². The molecule has 5 nitrogen and oxygen atoms in total. The fourth-order valence-corrected chi connectivity index (χ4v) is 3.39. The Morgan fingerprint density at radius 1 is 1.35 bits per heavy atom. The maximum absolute atomic E-state index is 10.6. The van der Waals surface area contributed by atoms with Crippen LogP contribution in [0.2, 0.25) is 0 Å². The van der Waals surface area contributed by atoms with Crippen LogP contribution in [0, 0.1) is 4.91 Å². The number of thioether (sulfide) groups is 1. The zero-order valence-electron chi connectivity index (χ0n) is 10.6. The van der Waals surface area contributed by atoms with Crippen LogP contribution in [-0.4, -0.2) is 21.2 Å². The lowest BCUT2D eigenvalue weighted by Crippen LogP contribution is -1.87. The van der Waals surface area contributed by atoms with Gasteiger partial charge >= 0.3 is 0 Å². The smallest absolute Gasteiger partial charge is 0.148 e. The Morgan fingerprint density at radius 2 is 2.25 bits per heavy atom. The fourth-order valence-electron chi connectivity index (χ4n) is 1.90. The number of rotatable bonds is 4. The summed E-state index contributed by atoms with van der Waals surface area (Å²) < 4.78 is 0. The molecule has 0 bridgehead atoms. The molecule has 100 valence electrons. The van der Waals surface area contributed by atoms with Crippen LogP contribution in [0.5, 0.6) is 0 Å². The van der Waals surface area contributed by atoms with Crippen molar-refractivity contribution in [3.63, 3.8) is 0 Å². The normalized spacial score (nSPS) is 10.8. The minimum absolute atomic E-state index is 0.438. The molecular weight excluding hydrogens is 292 g/mol. The predicted molar refractivity (Wildman–Crippen MR) is 81.7 cm³/mol. The molecule has 0 atom stereocenters. The van der Waals surface area contributed by atoms with Crippen LogP contribution in [0.4, 0.5) is 5.69 Å². The summed E-state index contributed by atoms with van der Waals surface area (Å²) >= 11 is 3.11. The third-order valence-electron chi connectivity index (χ3n) is 2.77. The molecule has 0 aliphatic carbocycles. The highest BCUT2D eigenvalue weighted by atomic mass is 32.2. The van der Waals surface area contributed by atoms with Gasteiger partial charge in [-0.15, -0.1) is 16.7 Å². The van der Waals surface area contributed by atoms with E-state index in [1.807, 2.05) is 18.4 Å². The molecule has 0 fully saturated rings. The highest BCUT2D eigenvalue weighted by Crippen LogP contribution is 2.28. The summed E-state index contributed by atoms with van der Waals surface area (Å²) in [7, 11) is 0. The van der Waals surface area contributed by atoms with E-state index < -0.39 is 0 Å². The summed E-state index contributed by atoms with van der Waals surface area (Å²) in [5.74, 6) is 0. The van der Waals surface area contributed by atoms with Crippen LogP contribution in [0.15, 0.2) is 40.8 Å². The van der Waals surface area contributed by atoms with Crippen molar-refractivity contribution in [3.05, 3.63) is 46.1 Å². The number of benzene rings is 1. The van der Waals surface area contributed by atoms with Gasteiger partial charge in [0.05, 0.1) is 5.01 Å². The van der Waals surface area contributed by atoms with E-state index in [4.69, 9.17) is 0 Å². The molecule has 20 heavy (non-hydrogen) atoms. The molecule has 0 aliphatic heterocycles. The lowest BCUT2D eigenvalue weighted by atomic mass is 10.1. The average molecular weight is 302 g/mol. The lowest BCUT2D eigenvalue weighted by Gasteiger charge is -1.97. The van der Waals surface area contributed by atoms with Gasteiger partial charge in [-0.1, -0.05) is 23.5 Å². The zero-order valence-corrected chi connectivity index (χ0v) is 12.2. The Kier molecular flexibility index (Phi) is 3.70. The molecular formula is C13H10N4OS2. The van der Waals surface area contributed by atoms with Crippen molar-refractivity contribution < 1.29 is 0 Å². The van der Waals surface area contributed by atoms with E-state index >= 15 is 0 Å². The minimum atomic E-state index is 0.438. The summed E-state index contributed by atoms with van der Waals surface area (Å²) in [6.07, 6.45) is 4.20. The van der Waals surface area contributed by atoms with E-state index in [1.54, 1.807) is 41.6 Å². The quantitative estimate of drug-likeness (QED) is 0.416. The van der Waals surface area contributed by atoms with Gasteiger partial charge in [-0.2, -0.15) is 0 Å². The Morgan fingerprint density at radius 3 is 3.05 bits per heavy atom. The van der Waals surface area contributed by atoms with E-state index in [0.29, 0.717) is 12.1 Å². The molecule has 3 rings (SSSR count). The maximum atomic E-state index is 10.6. The topological polar surface area (TPSA) is 68.1 Å². The third kappa shape index (κ3) is 2.54. The number of hydrogen-bond acceptors (Lipinski definition) is 7. The summed E-state index contributed by atoms with van der Waals surface area (Å²) in [5, 5.41) is 4.80. The minimum Gasteiger partial charge on any atom is -0.236 e. The first-order valence-corrected chi connectivity index (χ1v) is 7.91. The van der Waals surface area contributed by atoms with E-state index in [0.717, 1.165) is 25.9 Å². The average Bonchev–Trinajstić information content (AvgIpc) is 2.89. The SMILES string of the molecule is CSc1ncnc2sc(Cc3cccc(N=O)c3)nc12. The van der Waals surface area contributed by atoms with Crippen LogP contribution in [0.3, 0.4) is 0 Å². The van der Waals surface area contributed by atoms with Crippen molar-refractivity contribution in [2.75, 3.05) is 6.26 Å². The first kappa shape index (κ1) is 13.1. The molecule has 0 saturated heterocycles. The van der Waals surface area contributed by atoms with Crippen molar-refractivity contribution in [1.29, 1.82) is 0 Å². The third-order valence-corrected chi connectivity index (χ3v) is 4.42. The second-order valence-electron chi connectivity index (χ2n) is 4.08. The second-order valence-corrected chi connectivity index (χ2v) is 5.94. The molecule has 0 radical (unpaired) electrons. The van der Waals surface area contributed by atoms with Gasteiger partial charge in [0.1, 0.15) is 27.4 Å². The Balaban J connectivity index is 1.96. The van der Waals surface area contributed by atoms with Gasteiger partial charge in [0.15, 0.2) is 0 Å². The number of fused-ring (bicyclic) bond motifs is 1. The Hall–Kier alpha value is -1.86. The fraction of sp³-hybridized carbons (Fsp3) is 0.154. The second kappa shape index (κ2) is 5.64. The number of nitrogens with zero attached hydrogens (tertiary/aromatic N) is 4. The Bertz CT molecular complexity index is 772. The first-order chi connectivity index (χ1) is 9.80. The van der Waals surface area contributed by atoms with E-state index in [2.05, 4.69) is 20.1 Å². The highest BCUT2D eigenvalue weighted by Gasteiger charge is 2.10. The summed E-state index contributed by atoms with van der Waals surface area (Å²) in [4.78, 5) is 24.5. The lowest BCUT2D eigenvalue weighted by molar-refractivity contribution is 1.08. The number of hydrogen-bond donors (Lipinski definition) is 0. The van der Waals surface area contributed by atoms with Gasteiger partial charge in [-0.3, -0.25) is 0 Å². The maximum Gasteiger partial charge on any atom is 0.148 e. The standard InChI is InChI=1S/C13H10N4OS2/c1-19-12-11-13(15-7-14-12)20-10(16-11)6-8-3-2-4-9(5-8)17-18/h2-5,7H,6H2,1H3. The molecule has 0 N–H and O–H groups in total. The van der Waals surface area contributed by atoms with Crippen LogP contribution in [0.1, 0.15) is 10.6 Å². The molecule has 1 aromatic carbocycles. The first-order valence-electron chi connectivity index (χ1n) is 5.87. The zero-order chi connectivity index (χ0) is 13.9. The van der Waals surface area contributed by atoms with Gasteiger partial charge < -0.3 is 0 Å². The molecule has 0 spiro atoms. The molecule has 0 amide bonds. The van der Waals surface area contributed by atoms with E-state index in [-0.39, 0.29) is 0 Å². The van der Waals surface area contributed by atoms with Crippen molar-refractivity contribution in [3.8, 4) is 0 Å². The van der Waals surface area contributed by atoms with Gasteiger partial charge in [0, 0.05) is 6.42 Å². The van der Waals surface area contributed by atoms with Crippen LogP contribution >= 0.6 is 23.1 Å². The van der Waals surface area contributed by atoms with Gasteiger partial charge in [0.25, 0.3) is 0 Å². The summed E-state index contributed by atoms with van der Waals surface area (Å²) in [6, 6.07) is 7.25. The molecule has 0 unspecified atom stereocenters. The number of nitroso groups, excluding NO2 is 1. The molecule has 3 aromatic rings. The van der Waals surface area contributed by atoms with Crippen LogP contribution in [-0.2, 0) is 6.42 Å². The van der Waals surface area contributed by atoms with Crippen LogP contribution in [0.25, 0.3) is 10.3 Å². The van der Waals surface area contributed by atoms with Gasteiger partial charge in [-0.25, -0.2) is 15.0 Å². The monoisotopic (exact) mass is 302 g/mol. The largest absolute Gasteiger partial charge is 0.236 e. The highest BCUT2D eigenvalue weighted by molar-refractivity contribution is 7.98. The summed E-state index contributed by atoms with van der Waals surface area (Å²) in [5.41, 5.74) is 2.30. The molecule has 0 aliphatic rings. The van der Waals surface area contributed by atoms with Gasteiger partial charge in [-0.05, 0) is 29.1 Å². The van der Waals surface area contributed by atoms with Crippen LogP contribution < -0.4 is 0 Å². The molecule has 7 heteroatoms. The van der Waals surface area contributed by atoms with Crippen molar-refractivity contribution >= 4 is 39.1 Å². The van der Waals surface area contributed by atoms with Crippen molar-refractivity contribution in [2.45, 2.75) is 11.4 Å². The van der Waals surface area contributed by atoms with E-state index in [1.165, 1.54) is 0 Å².